The van der Waals surface area contributed by atoms with Crippen molar-refractivity contribution in [2.45, 2.75) is 71.3 Å². The fraction of sp³-hybridized carbons (Fsp3) is 0.640. The van der Waals surface area contributed by atoms with Crippen molar-refractivity contribution in [3.63, 3.8) is 0 Å². The smallest absolute Gasteiger partial charge is 0.278 e. The Bertz CT molecular complexity index is 991. The van der Waals surface area contributed by atoms with Gasteiger partial charge in [-0.2, -0.15) is 0 Å². The first-order chi connectivity index (χ1) is 16.2. The standard InChI is InChI=1S/C25H33F2N3O2S2/c1-17-28-14-21(33-17)8-7-20(31)13-19-5-3-18(4-6-19)9-11-30-12-10-23-22(15-30)29-24(34-23)32-16-25(2,26)27/h7-8,14,18-19H,3-6,9-13,15-16H2,1-2H3/b8-7+. The molecule has 0 saturated heterocycles. The van der Waals surface area contributed by atoms with Gasteiger partial charge in [-0.1, -0.05) is 24.2 Å². The third-order valence-electron chi connectivity index (χ3n) is 6.62. The number of aryl methyl sites for hydroxylation is 1. The van der Waals surface area contributed by atoms with Gasteiger partial charge in [0.25, 0.3) is 11.1 Å². The van der Waals surface area contributed by atoms with Gasteiger partial charge in [-0.3, -0.25) is 9.69 Å². The molecule has 9 heteroatoms. The average Bonchev–Trinajstić information content (AvgIpc) is 3.40. The van der Waals surface area contributed by atoms with E-state index in [0.717, 1.165) is 72.7 Å². The Morgan fingerprint density at radius 1 is 1.26 bits per heavy atom. The normalized spacial score (nSPS) is 21.6. The van der Waals surface area contributed by atoms with Gasteiger partial charge in [-0.25, -0.2) is 18.7 Å². The van der Waals surface area contributed by atoms with Crippen LogP contribution in [0.3, 0.4) is 0 Å². The number of carbonyl (C=O) groups is 1. The summed E-state index contributed by atoms with van der Waals surface area (Å²) in [4.78, 5) is 25.6. The second-order valence-corrected chi connectivity index (χ2v) is 12.0. The maximum absolute atomic E-state index is 13.0. The lowest BCUT2D eigenvalue weighted by molar-refractivity contribution is -0.115. The van der Waals surface area contributed by atoms with E-state index in [1.807, 2.05) is 19.2 Å². The Kier molecular flexibility index (Phi) is 8.47. The van der Waals surface area contributed by atoms with Crippen LogP contribution in [0, 0.1) is 18.8 Å². The molecule has 0 atom stereocenters. The van der Waals surface area contributed by atoms with Crippen molar-refractivity contribution in [2.75, 3.05) is 19.7 Å². The highest BCUT2D eigenvalue weighted by Crippen LogP contribution is 2.34. The minimum atomic E-state index is -2.84. The molecule has 0 unspecified atom stereocenters. The molecular weight excluding hydrogens is 476 g/mol. The molecule has 0 bridgehead atoms. The van der Waals surface area contributed by atoms with Crippen molar-refractivity contribution in [2.24, 2.45) is 11.8 Å². The number of hydrogen-bond acceptors (Lipinski definition) is 7. The van der Waals surface area contributed by atoms with Crippen LogP contribution in [0.5, 0.6) is 5.19 Å². The maximum Gasteiger partial charge on any atom is 0.278 e. The Morgan fingerprint density at radius 3 is 2.74 bits per heavy atom. The third kappa shape index (κ3) is 7.65. The fourth-order valence-electron chi connectivity index (χ4n) is 4.74. The second kappa shape index (κ2) is 11.4. The van der Waals surface area contributed by atoms with Gasteiger partial charge in [0.1, 0.15) is 0 Å². The van der Waals surface area contributed by atoms with Crippen molar-refractivity contribution in [3.8, 4) is 5.19 Å². The van der Waals surface area contributed by atoms with Gasteiger partial charge >= 0.3 is 0 Å². The predicted octanol–water partition coefficient (Wildman–Crippen LogP) is 6.17. The summed E-state index contributed by atoms with van der Waals surface area (Å²) in [6, 6.07) is 0. The van der Waals surface area contributed by atoms with E-state index < -0.39 is 12.5 Å². The molecule has 0 spiro atoms. The Balaban J connectivity index is 1.15. The SMILES string of the molecule is Cc1ncc(/C=C/C(=O)CC2CCC(CCN3CCc4sc(OCC(C)(F)F)nc4C3)CC2)s1. The van der Waals surface area contributed by atoms with Crippen molar-refractivity contribution in [3.05, 3.63) is 32.7 Å². The summed E-state index contributed by atoms with van der Waals surface area (Å²) in [7, 11) is 0. The van der Waals surface area contributed by atoms with Crippen molar-refractivity contribution < 1.29 is 18.3 Å². The van der Waals surface area contributed by atoms with Gasteiger partial charge in [-0.05, 0) is 63.1 Å². The van der Waals surface area contributed by atoms with Gasteiger partial charge in [0, 0.05) is 42.4 Å². The van der Waals surface area contributed by atoms with Crippen LogP contribution in [0.25, 0.3) is 6.08 Å². The highest BCUT2D eigenvalue weighted by Gasteiger charge is 2.27. The zero-order valence-corrected chi connectivity index (χ0v) is 21.5. The van der Waals surface area contributed by atoms with Crippen LogP contribution in [0.4, 0.5) is 8.78 Å². The number of thiazole rings is 2. The molecule has 0 amide bonds. The minimum absolute atomic E-state index is 0.216. The van der Waals surface area contributed by atoms with Gasteiger partial charge < -0.3 is 4.74 Å². The number of aromatic nitrogens is 2. The zero-order chi connectivity index (χ0) is 24.1. The van der Waals surface area contributed by atoms with Crippen molar-refractivity contribution >= 4 is 34.5 Å². The van der Waals surface area contributed by atoms with Gasteiger partial charge in [0.2, 0.25) is 0 Å². The maximum atomic E-state index is 13.0. The number of ether oxygens (including phenoxy) is 1. The summed E-state index contributed by atoms with van der Waals surface area (Å²) < 4.78 is 31.3. The van der Waals surface area contributed by atoms with E-state index in [2.05, 4.69) is 14.9 Å². The first-order valence-electron chi connectivity index (χ1n) is 12.1. The molecule has 186 valence electrons. The number of ketones is 1. The number of hydrogen-bond donors (Lipinski definition) is 0. The number of alkyl halides is 2. The second-order valence-electron chi connectivity index (χ2n) is 9.70. The van der Waals surface area contributed by atoms with Crippen LogP contribution in [0.15, 0.2) is 12.3 Å². The number of carbonyl (C=O) groups excluding carboxylic acids is 1. The third-order valence-corrected chi connectivity index (χ3v) is 8.57. The molecule has 2 aromatic heterocycles. The number of rotatable bonds is 10. The lowest BCUT2D eigenvalue weighted by Gasteiger charge is -2.31. The highest BCUT2D eigenvalue weighted by atomic mass is 32.1. The molecule has 3 heterocycles. The van der Waals surface area contributed by atoms with E-state index in [-0.39, 0.29) is 5.78 Å². The van der Waals surface area contributed by atoms with E-state index in [1.165, 1.54) is 24.2 Å². The summed E-state index contributed by atoms with van der Waals surface area (Å²) in [5, 5.41) is 1.37. The predicted molar refractivity (Wildman–Crippen MR) is 133 cm³/mol. The van der Waals surface area contributed by atoms with E-state index >= 15 is 0 Å². The van der Waals surface area contributed by atoms with Crippen LogP contribution in [-0.4, -0.2) is 46.3 Å². The average molecular weight is 510 g/mol. The molecule has 0 radical (unpaired) electrons. The van der Waals surface area contributed by atoms with Crippen LogP contribution < -0.4 is 4.74 Å². The quantitative estimate of drug-likeness (QED) is 0.359. The number of nitrogens with zero attached hydrogens (tertiary/aromatic N) is 3. The molecule has 4 rings (SSSR count). The summed E-state index contributed by atoms with van der Waals surface area (Å²) >= 11 is 3.01. The van der Waals surface area contributed by atoms with Gasteiger partial charge in [0.15, 0.2) is 12.4 Å². The molecule has 5 nitrogen and oxygen atoms in total. The first-order valence-corrected chi connectivity index (χ1v) is 13.7. The molecule has 2 aromatic rings. The molecule has 1 aliphatic heterocycles. The van der Waals surface area contributed by atoms with E-state index in [9.17, 15) is 13.6 Å². The van der Waals surface area contributed by atoms with Crippen LogP contribution in [-0.2, 0) is 17.8 Å². The van der Waals surface area contributed by atoms with Crippen LogP contribution in [0.2, 0.25) is 0 Å². The van der Waals surface area contributed by atoms with E-state index in [4.69, 9.17) is 4.74 Å². The Morgan fingerprint density at radius 2 is 2.03 bits per heavy atom. The molecule has 34 heavy (non-hydrogen) atoms. The molecule has 1 saturated carbocycles. The van der Waals surface area contributed by atoms with Gasteiger partial charge in [0.05, 0.1) is 10.7 Å². The minimum Gasteiger partial charge on any atom is -0.464 e. The molecular formula is C25H33F2N3O2S2. The Hall–Kier alpha value is -1.71. The molecule has 1 fully saturated rings. The van der Waals surface area contributed by atoms with Crippen molar-refractivity contribution in [1.82, 2.24) is 14.9 Å². The summed E-state index contributed by atoms with van der Waals surface area (Å²) in [5.74, 6) is -1.42. The largest absolute Gasteiger partial charge is 0.464 e. The topological polar surface area (TPSA) is 55.3 Å². The summed E-state index contributed by atoms with van der Waals surface area (Å²) in [6.07, 6.45) is 12.8. The van der Waals surface area contributed by atoms with E-state index in [0.29, 0.717) is 23.5 Å². The number of fused-ring (bicyclic) bond motifs is 1. The van der Waals surface area contributed by atoms with E-state index in [1.54, 1.807) is 17.4 Å². The van der Waals surface area contributed by atoms with Gasteiger partial charge in [-0.15, -0.1) is 11.3 Å². The van der Waals surface area contributed by atoms with Crippen molar-refractivity contribution in [1.29, 1.82) is 0 Å². The van der Waals surface area contributed by atoms with Crippen LogP contribution in [0.1, 0.15) is 65.9 Å². The molecule has 1 aliphatic carbocycles. The van der Waals surface area contributed by atoms with Crippen LogP contribution >= 0.6 is 22.7 Å². The molecule has 2 aliphatic rings. The fourth-order valence-corrected chi connectivity index (χ4v) is 6.34. The molecule has 0 aromatic carbocycles. The lowest BCUT2D eigenvalue weighted by atomic mass is 9.78. The zero-order valence-electron chi connectivity index (χ0n) is 19.9. The number of allylic oxidation sites excluding steroid dienone is 1. The monoisotopic (exact) mass is 509 g/mol. The highest BCUT2D eigenvalue weighted by molar-refractivity contribution is 7.13. The lowest BCUT2D eigenvalue weighted by Crippen LogP contribution is -2.32. The first kappa shape index (κ1) is 25.4. The number of halogens is 2. The molecule has 0 N–H and O–H groups in total. The Labute approximate surface area is 208 Å². The summed E-state index contributed by atoms with van der Waals surface area (Å²) in [6.45, 7) is 4.98. The summed E-state index contributed by atoms with van der Waals surface area (Å²) in [5.41, 5.74) is 0.981.